The minimum Gasteiger partial charge on any atom is -0.481 e. The fourth-order valence-corrected chi connectivity index (χ4v) is 1.60. The van der Waals surface area contributed by atoms with Gasteiger partial charge in [0.2, 0.25) is 0 Å². The number of carboxylic acids is 1. The zero-order valence-corrected chi connectivity index (χ0v) is 7.89. The number of carbonyl (C=O) groups is 1. The summed E-state index contributed by atoms with van der Waals surface area (Å²) in [7, 11) is 0. The lowest BCUT2D eigenvalue weighted by Crippen LogP contribution is -2.18. The molecule has 76 valence electrons. The molecule has 5 heteroatoms. The number of rotatable bonds is 4. The Hall–Kier alpha value is -1.39. The molecule has 1 heterocycles. The van der Waals surface area contributed by atoms with Gasteiger partial charge in [-0.15, -0.1) is 5.10 Å². The van der Waals surface area contributed by atoms with Crippen molar-refractivity contribution in [3.63, 3.8) is 0 Å². The number of hydrogen-bond acceptors (Lipinski definition) is 3. The molecule has 5 nitrogen and oxygen atoms in total. The molecule has 2 rings (SSSR count). The van der Waals surface area contributed by atoms with E-state index in [2.05, 4.69) is 10.3 Å². The monoisotopic (exact) mass is 195 g/mol. The third-order valence-electron chi connectivity index (χ3n) is 2.59. The van der Waals surface area contributed by atoms with Crippen molar-refractivity contribution in [2.24, 2.45) is 5.92 Å². The molecule has 1 aliphatic rings. The lowest BCUT2D eigenvalue weighted by atomic mass is 9.85. The zero-order valence-electron chi connectivity index (χ0n) is 7.89. The highest BCUT2D eigenvalue weighted by molar-refractivity contribution is 5.69. The summed E-state index contributed by atoms with van der Waals surface area (Å²) in [5.74, 6) is -0.143. The topological polar surface area (TPSA) is 68.0 Å². The lowest BCUT2D eigenvalue weighted by molar-refractivity contribution is -0.136. The van der Waals surface area contributed by atoms with Gasteiger partial charge in [0.1, 0.15) is 0 Å². The van der Waals surface area contributed by atoms with E-state index < -0.39 is 5.97 Å². The Morgan fingerprint density at radius 1 is 1.64 bits per heavy atom. The lowest BCUT2D eigenvalue weighted by Gasteiger charge is -2.24. The van der Waals surface area contributed by atoms with Crippen LogP contribution in [0, 0.1) is 5.92 Å². The second-order valence-electron chi connectivity index (χ2n) is 3.80. The molecule has 0 aromatic carbocycles. The fraction of sp³-hybridized carbons (Fsp3) is 0.667. The van der Waals surface area contributed by atoms with E-state index in [4.69, 9.17) is 5.11 Å². The van der Waals surface area contributed by atoms with E-state index in [1.807, 2.05) is 0 Å². The van der Waals surface area contributed by atoms with Crippen LogP contribution in [0.1, 0.15) is 25.0 Å². The van der Waals surface area contributed by atoms with E-state index in [0.717, 1.165) is 12.5 Å². The van der Waals surface area contributed by atoms with Crippen molar-refractivity contribution in [3.05, 3.63) is 11.9 Å². The predicted molar refractivity (Wildman–Crippen MR) is 48.7 cm³/mol. The van der Waals surface area contributed by atoms with Gasteiger partial charge in [0.15, 0.2) is 0 Å². The Kier molecular flexibility index (Phi) is 2.47. The number of aromatic nitrogens is 3. The number of carboxylic acid groups (broad SMARTS) is 1. The molecule has 0 bridgehead atoms. The Bertz CT molecular complexity index is 331. The van der Waals surface area contributed by atoms with Crippen molar-refractivity contribution in [2.45, 2.75) is 32.2 Å². The van der Waals surface area contributed by atoms with Crippen LogP contribution in [0.2, 0.25) is 0 Å². The standard InChI is InChI=1S/C9H13N3O2/c13-9(14)4-8-6-12(11-10-8)5-7-2-1-3-7/h6-7H,1-5H2,(H,13,14). The Balaban J connectivity index is 1.91. The highest BCUT2D eigenvalue weighted by Gasteiger charge is 2.18. The zero-order chi connectivity index (χ0) is 9.97. The van der Waals surface area contributed by atoms with Gasteiger partial charge >= 0.3 is 5.97 Å². The third kappa shape index (κ3) is 2.10. The van der Waals surface area contributed by atoms with Crippen LogP contribution < -0.4 is 0 Å². The largest absolute Gasteiger partial charge is 0.481 e. The average Bonchev–Trinajstić information content (AvgIpc) is 2.44. The van der Waals surface area contributed by atoms with Crippen LogP contribution in [-0.4, -0.2) is 26.1 Å². The molecule has 1 saturated carbocycles. The summed E-state index contributed by atoms with van der Waals surface area (Å²) in [5.41, 5.74) is 0.539. The quantitative estimate of drug-likeness (QED) is 0.768. The number of aliphatic carboxylic acids is 1. The summed E-state index contributed by atoms with van der Waals surface area (Å²) in [6, 6.07) is 0. The minimum atomic E-state index is -0.860. The molecule has 0 spiro atoms. The minimum absolute atomic E-state index is 0.0370. The summed E-state index contributed by atoms with van der Waals surface area (Å²) in [4.78, 5) is 10.4. The van der Waals surface area contributed by atoms with Crippen LogP contribution in [0.15, 0.2) is 6.20 Å². The van der Waals surface area contributed by atoms with Gasteiger partial charge in [0, 0.05) is 12.7 Å². The summed E-state index contributed by atoms with van der Waals surface area (Å²) in [6.07, 6.45) is 5.51. The summed E-state index contributed by atoms with van der Waals surface area (Å²) in [5, 5.41) is 16.2. The van der Waals surface area contributed by atoms with Crippen molar-refractivity contribution >= 4 is 5.97 Å². The second kappa shape index (κ2) is 3.77. The van der Waals surface area contributed by atoms with Crippen LogP contribution in [-0.2, 0) is 17.8 Å². The smallest absolute Gasteiger partial charge is 0.309 e. The molecule has 0 amide bonds. The fourth-order valence-electron chi connectivity index (χ4n) is 1.60. The van der Waals surface area contributed by atoms with Crippen molar-refractivity contribution in [3.8, 4) is 0 Å². The molecule has 0 unspecified atom stereocenters. The first-order chi connectivity index (χ1) is 6.74. The van der Waals surface area contributed by atoms with E-state index in [0.29, 0.717) is 5.69 Å². The Morgan fingerprint density at radius 2 is 2.43 bits per heavy atom. The normalized spacial score (nSPS) is 16.6. The van der Waals surface area contributed by atoms with Gasteiger partial charge in [0.05, 0.1) is 12.1 Å². The van der Waals surface area contributed by atoms with Gasteiger partial charge in [-0.25, -0.2) is 0 Å². The first-order valence-electron chi connectivity index (χ1n) is 4.85. The van der Waals surface area contributed by atoms with Gasteiger partial charge in [-0.3, -0.25) is 9.48 Å². The van der Waals surface area contributed by atoms with E-state index >= 15 is 0 Å². The molecule has 1 fully saturated rings. The van der Waals surface area contributed by atoms with Crippen LogP contribution in [0.5, 0.6) is 0 Å². The molecule has 1 aromatic rings. The summed E-state index contributed by atoms with van der Waals surface area (Å²) < 4.78 is 1.75. The molecular formula is C9H13N3O2. The summed E-state index contributed by atoms with van der Waals surface area (Å²) >= 11 is 0. The molecule has 0 radical (unpaired) electrons. The maximum Gasteiger partial charge on any atom is 0.309 e. The Labute approximate surface area is 81.7 Å². The Morgan fingerprint density at radius 3 is 3.00 bits per heavy atom. The molecule has 1 aliphatic carbocycles. The van der Waals surface area contributed by atoms with Crippen LogP contribution >= 0.6 is 0 Å². The summed E-state index contributed by atoms with van der Waals surface area (Å²) in [6.45, 7) is 0.882. The van der Waals surface area contributed by atoms with E-state index in [9.17, 15) is 4.79 Å². The number of hydrogen-bond donors (Lipinski definition) is 1. The molecule has 14 heavy (non-hydrogen) atoms. The number of nitrogens with zero attached hydrogens (tertiary/aromatic N) is 3. The van der Waals surface area contributed by atoms with Crippen molar-refractivity contribution in [1.29, 1.82) is 0 Å². The average molecular weight is 195 g/mol. The molecule has 0 aliphatic heterocycles. The van der Waals surface area contributed by atoms with Crippen molar-refractivity contribution in [2.75, 3.05) is 0 Å². The molecule has 0 saturated heterocycles. The van der Waals surface area contributed by atoms with Crippen molar-refractivity contribution in [1.82, 2.24) is 15.0 Å². The van der Waals surface area contributed by atoms with Crippen LogP contribution in [0.3, 0.4) is 0 Å². The maximum atomic E-state index is 10.4. The van der Waals surface area contributed by atoms with E-state index in [-0.39, 0.29) is 6.42 Å². The third-order valence-corrected chi connectivity index (χ3v) is 2.59. The van der Waals surface area contributed by atoms with E-state index in [1.54, 1.807) is 10.9 Å². The van der Waals surface area contributed by atoms with Gasteiger partial charge in [-0.2, -0.15) is 0 Å². The van der Waals surface area contributed by atoms with Crippen LogP contribution in [0.25, 0.3) is 0 Å². The van der Waals surface area contributed by atoms with Gasteiger partial charge in [-0.05, 0) is 18.8 Å². The molecule has 1 N–H and O–H groups in total. The SMILES string of the molecule is O=C(O)Cc1cn(CC2CCC2)nn1. The van der Waals surface area contributed by atoms with E-state index in [1.165, 1.54) is 19.3 Å². The maximum absolute atomic E-state index is 10.4. The van der Waals surface area contributed by atoms with Crippen molar-refractivity contribution < 1.29 is 9.90 Å². The van der Waals surface area contributed by atoms with Gasteiger partial charge < -0.3 is 5.11 Å². The van der Waals surface area contributed by atoms with Gasteiger partial charge in [-0.1, -0.05) is 11.6 Å². The first kappa shape index (κ1) is 9.18. The highest BCUT2D eigenvalue weighted by Crippen LogP contribution is 2.27. The predicted octanol–water partition coefficient (Wildman–Crippen LogP) is 0.705. The first-order valence-corrected chi connectivity index (χ1v) is 4.85. The molecule has 0 atom stereocenters. The second-order valence-corrected chi connectivity index (χ2v) is 3.80. The van der Waals surface area contributed by atoms with Crippen LogP contribution in [0.4, 0.5) is 0 Å². The highest BCUT2D eigenvalue weighted by atomic mass is 16.4. The molecule has 1 aromatic heterocycles. The van der Waals surface area contributed by atoms with Gasteiger partial charge in [0.25, 0.3) is 0 Å². The molecular weight excluding hydrogens is 182 g/mol.